The van der Waals surface area contributed by atoms with Gasteiger partial charge in [-0.1, -0.05) is 6.92 Å². The van der Waals surface area contributed by atoms with Crippen molar-refractivity contribution >= 4 is 0 Å². The normalized spacial score (nSPS) is 12.9. The predicted octanol–water partition coefficient (Wildman–Crippen LogP) is 1.83. The van der Waals surface area contributed by atoms with Crippen LogP contribution in [0.2, 0.25) is 0 Å². The number of ether oxygens (including phenoxy) is 3. The highest BCUT2D eigenvalue weighted by molar-refractivity contribution is 4.58. The molecule has 0 aromatic carbocycles. The minimum Gasteiger partial charge on any atom is -0.385 e. The predicted molar refractivity (Wildman–Crippen MR) is 70.5 cm³/mol. The molecule has 1 atom stereocenters. The van der Waals surface area contributed by atoms with Crippen molar-refractivity contribution in [2.24, 2.45) is 0 Å². The van der Waals surface area contributed by atoms with Crippen LogP contribution in [0.1, 0.15) is 33.1 Å². The smallest absolute Gasteiger partial charge is 0.0700 e. The van der Waals surface area contributed by atoms with Gasteiger partial charge < -0.3 is 19.5 Å². The Labute approximate surface area is 106 Å². The lowest BCUT2D eigenvalue weighted by molar-refractivity contribution is 0.0375. The van der Waals surface area contributed by atoms with E-state index in [0.29, 0.717) is 19.3 Å². The molecule has 0 aliphatic rings. The molecule has 0 aromatic rings. The molecule has 4 heteroatoms. The fraction of sp³-hybridized carbons (Fsp3) is 1.00. The van der Waals surface area contributed by atoms with Gasteiger partial charge in [-0.05, 0) is 32.7 Å². The first-order valence-corrected chi connectivity index (χ1v) is 6.69. The molecule has 104 valence electrons. The van der Waals surface area contributed by atoms with Crippen LogP contribution >= 0.6 is 0 Å². The lowest BCUT2D eigenvalue weighted by Gasteiger charge is -2.13. The summed E-state index contributed by atoms with van der Waals surface area (Å²) in [4.78, 5) is 0. The molecule has 17 heavy (non-hydrogen) atoms. The van der Waals surface area contributed by atoms with Gasteiger partial charge in [0.2, 0.25) is 0 Å². The molecule has 0 amide bonds. The molecular formula is C13H29NO3. The molecule has 0 heterocycles. The topological polar surface area (TPSA) is 39.7 Å². The third-order valence-corrected chi connectivity index (χ3v) is 2.45. The lowest BCUT2D eigenvalue weighted by atomic mass is 10.2. The first-order valence-electron chi connectivity index (χ1n) is 6.69. The van der Waals surface area contributed by atoms with Crippen LogP contribution in [0.4, 0.5) is 0 Å². The van der Waals surface area contributed by atoms with Gasteiger partial charge in [0.1, 0.15) is 0 Å². The van der Waals surface area contributed by atoms with E-state index in [1.165, 1.54) is 6.42 Å². The van der Waals surface area contributed by atoms with E-state index in [-0.39, 0.29) is 0 Å². The first-order chi connectivity index (χ1) is 8.31. The number of hydrogen-bond donors (Lipinski definition) is 1. The van der Waals surface area contributed by atoms with E-state index in [2.05, 4.69) is 19.2 Å². The van der Waals surface area contributed by atoms with Gasteiger partial charge >= 0.3 is 0 Å². The average molecular weight is 247 g/mol. The van der Waals surface area contributed by atoms with Crippen LogP contribution in [0, 0.1) is 0 Å². The van der Waals surface area contributed by atoms with Gasteiger partial charge in [0, 0.05) is 33.0 Å². The summed E-state index contributed by atoms with van der Waals surface area (Å²) >= 11 is 0. The van der Waals surface area contributed by atoms with E-state index in [0.717, 1.165) is 39.2 Å². The molecule has 0 saturated heterocycles. The summed E-state index contributed by atoms with van der Waals surface area (Å²) in [6.07, 6.45) is 3.19. The minimum atomic E-state index is 0.539. The summed E-state index contributed by atoms with van der Waals surface area (Å²) in [6.45, 7) is 9.15. The molecule has 1 N–H and O–H groups in total. The second kappa shape index (κ2) is 13.9. The van der Waals surface area contributed by atoms with Crippen LogP contribution in [-0.4, -0.2) is 52.7 Å². The quantitative estimate of drug-likeness (QED) is 0.504. The van der Waals surface area contributed by atoms with E-state index in [1.54, 1.807) is 7.11 Å². The summed E-state index contributed by atoms with van der Waals surface area (Å²) in [5, 5.41) is 3.43. The third kappa shape index (κ3) is 13.8. The third-order valence-electron chi connectivity index (χ3n) is 2.45. The summed E-state index contributed by atoms with van der Waals surface area (Å²) in [7, 11) is 1.71. The Morgan fingerprint density at radius 1 is 1.00 bits per heavy atom. The van der Waals surface area contributed by atoms with Crippen molar-refractivity contribution in [3.63, 3.8) is 0 Å². The van der Waals surface area contributed by atoms with Crippen molar-refractivity contribution < 1.29 is 14.2 Å². The zero-order chi connectivity index (χ0) is 12.8. The zero-order valence-corrected chi connectivity index (χ0v) is 11.7. The van der Waals surface area contributed by atoms with Crippen LogP contribution < -0.4 is 5.32 Å². The average Bonchev–Trinajstić information content (AvgIpc) is 2.34. The van der Waals surface area contributed by atoms with E-state index >= 15 is 0 Å². The molecule has 1 unspecified atom stereocenters. The van der Waals surface area contributed by atoms with E-state index in [1.807, 2.05) is 0 Å². The van der Waals surface area contributed by atoms with Crippen LogP contribution in [0.3, 0.4) is 0 Å². The van der Waals surface area contributed by atoms with Crippen molar-refractivity contribution in [2.75, 3.05) is 46.7 Å². The molecule has 0 aliphatic carbocycles. The highest BCUT2D eigenvalue weighted by Crippen LogP contribution is 1.92. The molecule has 4 nitrogen and oxygen atoms in total. The Morgan fingerprint density at radius 2 is 1.71 bits per heavy atom. The van der Waals surface area contributed by atoms with Crippen molar-refractivity contribution in [3.8, 4) is 0 Å². The summed E-state index contributed by atoms with van der Waals surface area (Å²) in [6, 6.07) is 0.539. The molecule has 0 saturated carbocycles. The van der Waals surface area contributed by atoms with Crippen molar-refractivity contribution in [1.29, 1.82) is 0 Å². The number of hydrogen-bond acceptors (Lipinski definition) is 4. The molecule has 0 fully saturated rings. The van der Waals surface area contributed by atoms with Gasteiger partial charge in [0.05, 0.1) is 13.2 Å². The van der Waals surface area contributed by atoms with E-state index < -0.39 is 0 Å². The van der Waals surface area contributed by atoms with Gasteiger partial charge in [-0.25, -0.2) is 0 Å². The van der Waals surface area contributed by atoms with Gasteiger partial charge in [-0.3, -0.25) is 0 Å². The maximum Gasteiger partial charge on any atom is 0.0700 e. The van der Waals surface area contributed by atoms with Gasteiger partial charge in [0.25, 0.3) is 0 Å². The van der Waals surface area contributed by atoms with Crippen molar-refractivity contribution in [2.45, 2.75) is 39.2 Å². The summed E-state index contributed by atoms with van der Waals surface area (Å²) in [5.41, 5.74) is 0. The van der Waals surface area contributed by atoms with Gasteiger partial charge in [-0.15, -0.1) is 0 Å². The van der Waals surface area contributed by atoms with Gasteiger partial charge in [-0.2, -0.15) is 0 Å². The largest absolute Gasteiger partial charge is 0.385 e. The fourth-order valence-electron chi connectivity index (χ4n) is 1.38. The number of methoxy groups -OCH3 is 1. The number of nitrogens with one attached hydrogen (secondary N) is 1. The van der Waals surface area contributed by atoms with Crippen LogP contribution in [-0.2, 0) is 14.2 Å². The van der Waals surface area contributed by atoms with Crippen molar-refractivity contribution in [1.82, 2.24) is 5.32 Å². The molecule has 0 aliphatic heterocycles. The van der Waals surface area contributed by atoms with E-state index in [9.17, 15) is 0 Å². The molecular weight excluding hydrogens is 218 g/mol. The SMILES string of the molecule is CCCNC(C)CCOCCOCCCOC. The molecule has 0 spiro atoms. The van der Waals surface area contributed by atoms with Crippen molar-refractivity contribution in [3.05, 3.63) is 0 Å². The molecule has 0 rings (SSSR count). The fourth-order valence-corrected chi connectivity index (χ4v) is 1.38. The summed E-state index contributed by atoms with van der Waals surface area (Å²) in [5.74, 6) is 0. The second-order valence-corrected chi connectivity index (χ2v) is 4.21. The minimum absolute atomic E-state index is 0.539. The monoisotopic (exact) mass is 247 g/mol. The standard InChI is InChI=1S/C13H29NO3/c1-4-7-14-13(2)6-10-17-12-11-16-9-5-8-15-3/h13-14H,4-12H2,1-3H3. The zero-order valence-electron chi connectivity index (χ0n) is 11.7. The Hall–Kier alpha value is -0.160. The maximum atomic E-state index is 5.49. The first kappa shape index (κ1) is 16.8. The van der Waals surface area contributed by atoms with Crippen LogP contribution in [0.25, 0.3) is 0 Å². The molecule has 0 radical (unpaired) electrons. The molecule has 0 aromatic heterocycles. The summed E-state index contributed by atoms with van der Waals surface area (Å²) < 4.78 is 15.8. The lowest BCUT2D eigenvalue weighted by Crippen LogP contribution is -2.28. The Morgan fingerprint density at radius 3 is 2.35 bits per heavy atom. The van der Waals surface area contributed by atoms with E-state index in [4.69, 9.17) is 14.2 Å². The van der Waals surface area contributed by atoms with Crippen LogP contribution in [0.15, 0.2) is 0 Å². The van der Waals surface area contributed by atoms with Crippen LogP contribution in [0.5, 0.6) is 0 Å². The highest BCUT2D eigenvalue weighted by Gasteiger charge is 1.99. The Bertz CT molecular complexity index is 145. The second-order valence-electron chi connectivity index (χ2n) is 4.21. The Balaban J connectivity index is 3.02. The maximum absolute atomic E-state index is 5.49. The molecule has 0 bridgehead atoms. The van der Waals surface area contributed by atoms with Gasteiger partial charge in [0.15, 0.2) is 0 Å². The highest BCUT2D eigenvalue weighted by atomic mass is 16.5. The Kier molecular flexibility index (Phi) is 13.8. The number of rotatable bonds is 13.